The molecule has 1 aliphatic rings. The first-order chi connectivity index (χ1) is 10.4. The second-order valence-electron chi connectivity index (χ2n) is 5.59. The van der Waals surface area contributed by atoms with Gasteiger partial charge in [-0.05, 0) is 38.2 Å². The molecule has 0 aliphatic heterocycles. The highest BCUT2D eigenvalue weighted by atomic mass is 16.6. The second kappa shape index (κ2) is 6.55. The van der Waals surface area contributed by atoms with Crippen LogP contribution in [-0.4, -0.2) is 27.9 Å². The molecular formula is C15H18N2O5. The van der Waals surface area contributed by atoms with E-state index < -0.39 is 16.8 Å². The first-order valence-corrected chi connectivity index (χ1v) is 7.17. The molecule has 2 rings (SSSR count). The lowest BCUT2D eigenvalue weighted by Crippen LogP contribution is -2.39. The molecule has 1 amide bonds. The van der Waals surface area contributed by atoms with Crippen LogP contribution in [0.2, 0.25) is 0 Å². The average molecular weight is 306 g/mol. The van der Waals surface area contributed by atoms with Gasteiger partial charge in [-0.15, -0.1) is 0 Å². The van der Waals surface area contributed by atoms with Crippen molar-refractivity contribution in [1.29, 1.82) is 0 Å². The highest BCUT2D eigenvalue weighted by Crippen LogP contribution is 2.26. The Balaban J connectivity index is 2.08. The standard InChI is InChI=1S/C15H18N2O5/c1-9-3-2-4-12(17(21)22)13(9)14(18)16-11-7-5-10(6-8-11)15(19)20/h2-4,10-11H,5-8H2,1H3,(H,16,18)(H,19,20). The Hall–Kier alpha value is -2.44. The van der Waals surface area contributed by atoms with Gasteiger partial charge in [0, 0.05) is 12.1 Å². The van der Waals surface area contributed by atoms with E-state index in [4.69, 9.17) is 5.11 Å². The molecule has 0 heterocycles. The first-order valence-electron chi connectivity index (χ1n) is 7.17. The van der Waals surface area contributed by atoms with Crippen LogP contribution < -0.4 is 5.32 Å². The number of aryl methyl sites for hydroxylation is 1. The molecule has 1 aromatic carbocycles. The fraction of sp³-hybridized carbons (Fsp3) is 0.467. The van der Waals surface area contributed by atoms with Gasteiger partial charge in [-0.25, -0.2) is 0 Å². The van der Waals surface area contributed by atoms with Crippen molar-refractivity contribution in [3.8, 4) is 0 Å². The lowest BCUT2D eigenvalue weighted by Gasteiger charge is -2.26. The van der Waals surface area contributed by atoms with Crippen LogP contribution in [0.3, 0.4) is 0 Å². The van der Waals surface area contributed by atoms with Crippen molar-refractivity contribution in [2.24, 2.45) is 5.92 Å². The fourth-order valence-electron chi connectivity index (χ4n) is 2.84. The van der Waals surface area contributed by atoms with Crippen molar-refractivity contribution < 1.29 is 19.6 Å². The van der Waals surface area contributed by atoms with E-state index in [0.717, 1.165) is 0 Å². The van der Waals surface area contributed by atoms with E-state index in [0.29, 0.717) is 31.2 Å². The molecule has 2 N–H and O–H groups in total. The van der Waals surface area contributed by atoms with Crippen molar-refractivity contribution in [2.75, 3.05) is 0 Å². The van der Waals surface area contributed by atoms with Crippen LogP contribution in [0.4, 0.5) is 5.69 Å². The van der Waals surface area contributed by atoms with Gasteiger partial charge in [-0.3, -0.25) is 19.7 Å². The number of nitro benzene ring substituents is 1. The van der Waals surface area contributed by atoms with E-state index in [2.05, 4.69) is 5.32 Å². The summed E-state index contributed by atoms with van der Waals surface area (Å²) in [5.41, 5.74) is 0.413. The number of rotatable bonds is 4. The molecule has 0 bridgehead atoms. The Morgan fingerprint density at radius 2 is 1.91 bits per heavy atom. The largest absolute Gasteiger partial charge is 0.481 e. The number of nitro groups is 1. The normalized spacial score (nSPS) is 21.1. The molecule has 0 radical (unpaired) electrons. The number of nitrogens with zero attached hydrogens (tertiary/aromatic N) is 1. The Bertz CT molecular complexity index is 606. The van der Waals surface area contributed by atoms with Gasteiger partial charge >= 0.3 is 5.97 Å². The van der Waals surface area contributed by atoms with Crippen LogP contribution in [0.25, 0.3) is 0 Å². The van der Waals surface area contributed by atoms with E-state index >= 15 is 0 Å². The molecule has 0 aromatic heterocycles. The predicted octanol–water partition coefficient (Wildman–Crippen LogP) is 2.28. The van der Waals surface area contributed by atoms with E-state index in [1.165, 1.54) is 6.07 Å². The van der Waals surface area contributed by atoms with E-state index in [9.17, 15) is 19.7 Å². The van der Waals surface area contributed by atoms with Crippen LogP contribution in [0, 0.1) is 23.0 Å². The Kier molecular flexibility index (Phi) is 4.75. The average Bonchev–Trinajstić information content (AvgIpc) is 2.47. The Labute approximate surface area is 127 Å². The zero-order chi connectivity index (χ0) is 16.3. The predicted molar refractivity (Wildman–Crippen MR) is 78.7 cm³/mol. The summed E-state index contributed by atoms with van der Waals surface area (Å²) < 4.78 is 0. The third-order valence-electron chi connectivity index (χ3n) is 4.09. The van der Waals surface area contributed by atoms with E-state index in [1.54, 1.807) is 19.1 Å². The van der Waals surface area contributed by atoms with Gasteiger partial charge < -0.3 is 10.4 Å². The van der Waals surface area contributed by atoms with Crippen LogP contribution in [0.15, 0.2) is 18.2 Å². The first kappa shape index (κ1) is 15.9. The number of carbonyl (C=O) groups excluding carboxylic acids is 1. The van der Waals surface area contributed by atoms with Gasteiger partial charge in [0.25, 0.3) is 11.6 Å². The van der Waals surface area contributed by atoms with Crippen LogP contribution in [0.1, 0.15) is 41.6 Å². The zero-order valence-electron chi connectivity index (χ0n) is 12.2. The fourth-order valence-corrected chi connectivity index (χ4v) is 2.84. The zero-order valence-corrected chi connectivity index (χ0v) is 12.2. The molecule has 22 heavy (non-hydrogen) atoms. The molecule has 1 aromatic rings. The second-order valence-corrected chi connectivity index (χ2v) is 5.59. The summed E-state index contributed by atoms with van der Waals surface area (Å²) in [6.07, 6.45) is 2.16. The Morgan fingerprint density at radius 1 is 1.27 bits per heavy atom. The molecule has 1 aliphatic carbocycles. The number of hydrogen-bond donors (Lipinski definition) is 2. The number of aliphatic carboxylic acids is 1. The van der Waals surface area contributed by atoms with Gasteiger partial charge in [-0.1, -0.05) is 12.1 Å². The lowest BCUT2D eigenvalue weighted by atomic mass is 9.86. The maximum atomic E-state index is 12.3. The molecule has 7 nitrogen and oxygen atoms in total. The van der Waals surface area contributed by atoms with Gasteiger partial charge in [0.05, 0.1) is 10.8 Å². The Morgan fingerprint density at radius 3 is 2.45 bits per heavy atom. The highest BCUT2D eigenvalue weighted by Gasteiger charge is 2.29. The minimum absolute atomic E-state index is 0.0767. The smallest absolute Gasteiger partial charge is 0.306 e. The van der Waals surface area contributed by atoms with Crippen molar-refractivity contribution >= 4 is 17.6 Å². The number of benzene rings is 1. The molecule has 1 fully saturated rings. The van der Waals surface area contributed by atoms with Gasteiger partial charge in [0.2, 0.25) is 0 Å². The number of carboxylic acids is 1. The van der Waals surface area contributed by atoms with E-state index in [-0.39, 0.29) is 23.2 Å². The third-order valence-corrected chi connectivity index (χ3v) is 4.09. The van der Waals surface area contributed by atoms with Crippen LogP contribution >= 0.6 is 0 Å². The molecule has 0 unspecified atom stereocenters. The van der Waals surface area contributed by atoms with Gasteiger partial charge in [0.15, 0.2) is 0 Å². The number of hydrogen-bond acceptors (Lipinski definition) is 4. The minimum Gasteiger partial charge on any atom is -0.481 e. The van der Waals surface area contributed by atoms with Crippen molar-refractivity contribution in [3.63, 3.8) is 0 Å². The lowest BCUT2D eigenvalue weighted by molar-refractivity contribution is -0.385. The quantitative estimate of drug-likeness (QED) is 0.655. The molecular weight excluding hydrogens is 288 g/mol. The van der Waals surface area contributed by atoms with E-state index in [1.807, 2.05) is 0 Å². The summed E-state index contributed by atoms with van der Waals surface area (Å²) in [5.74, 6) is -1.64. The van der Waals surface area contributed by atoms with Crippen molar-refractivity contribution in [2.45, 2.75) is 38.6 Å². The SMILES string of the molecule is Cc1cccc([N+](=O)[O-])c1C(=O)NC1CCC(C(=O)O)CC1. The summed E-state index contributed by atoms with van der Waals surface area (Å²) in [7, 11) is 0. The highest BCUT2D eigenvalue weighted by molar-refractivity contribution is 5.99. The summed E-state index contributed by atoms with van der Waals surface area (Å²) in [4.78, 5) is 33.7. The summed E-state index contributed by atoms with van der Waals surface area (Å²) in [6, 6.07) is 4.37. The maximum Gasteiger partial charge on any atom is 0.306 e. The van der Waals surface area contributed by atoms with Crippen molar-refractivity contribution in [1.82, 2.24) is 5.32 Å². The molecule has 0 saturated heterocycles. The molecule has 1 saturated carbocycles. The number of carboxylic acid groups (broad SMARTS) is 1. The molecule has 118 valence electrons. The van der Waals surface area contributed by atoms with Crippen molar-refractivity contribution in [3.05, 3.63) is 39.4 Å². The van der Waals surface area contributed by atoms with Gasteiger partial charge in [-0.2, -0.15) is 0 Å². The monoisotopic (exact) mass is 306 g/mol. The molecule has 0 atom stereocenters. The van der Waals surface area contributed by atoms with Crippen LogP contribution in [0.5, 0.6) is 0 Å². The number of amides is 1. The number of carbonyl (C=O) groups is 2. The maximum absolute atomic E-state index is 12.3. The topological polar surface area (TPSA) is 110 Å². The van der Waals surface area contributed by atoms with Crippen LogP contribution in [-0.2, 0) is 4.79 Å². The summed E-state index contributed by atoms with van der Waals surface area (Å²) in [5, 5.41) is 22.8. The number of nitrogens with one attached hydrogen (secondary N) is 1. The minimum atomic E-state index is -0.806. The summed E-state index contributed by atoms with van der Waals surface area (Å²) in [6.45, 7) is 1.66. The third kappa shape index (κ3) is 3.41. The van der Waals surface area contributed by atoms with Gasteiger partial charge in [0.1, 0.15) is 5.56 Å². The molecule has 0 spiro atoms. The molecule has 7 heteroatoms. The summed E-state index contributed by atoms with van der Waals surface area (Å²) >= 11 is 0.